The van der Waals surface area contributed by atoms with Crippen LogP contribution in [-0.2, 0) is 30.8 Å². The summed E-state index contributed by atoms with van der Waals surface area (Å²) in [5.41, 5.74) is 4.99. The van der Waals surface area contributed by atoms with E-state index in [-0.39, 0.29) is 12.1 Å². The standard InChI is InChI=1S/C26H24BrN5O3S/c1-16-7-9-20-22(11-16)36-25-24(20)26(34)32(31-30-25)14-23(33)29-28-13-18-12-19(27)8-10-21(18)35-15-17-5-3-2-4-6-17/h2-6,8,10,12-13,16H,7,9,11,14-15H2,1H3,(H,29,33)/b28-13+. The lowest BCUT2D eigenvalue weighted by Gasteiger charge is -2.17. The molecule has 1 unspecified atom stereocenters. The van der Waals surface area contributed by atoms with Crippen LogP contribution < -0.4 is 15.7 Å². The maximum absolute atomic E-state index is 13.1. The summed E-state index contributed by atoms with van der Waals surface area (Å²) in [5.74, 6) is 0.754. The predicted octanol–water partition coefficient (Wildman–Crippen LogP) is 4.47. The van der Waals surface area contributed by atoms with Gasteiger partial charge in [0, 0.05) is 14.9 Å². The van der Waals surface area contributed by atoms with Crippen LogP contribution in [0.3, 0.4) is 0 Å². The van der Waals surface area contributed by atoms with Gasteiger partial charge in [-0.3, -0.25) is 9.59 Å². The molecule has 2 aromatic heterocycles. The molecule has 0 saturated heterocycles. The van der Waals surface area contributed by atoms with Gasteiger partial charge >= 0.3 is 0 Å². The molecule has 0 radical (unpaired) electrons. The quantitative estimate of drug-likeness (QED) is 0.263. The van der Waals surface area contributed by atoms with Gasteiger partial charge in [-0.15, -0.1) is 16.4 Å². The zero-order chi connectivity index (χ0) is 25.1. The third-order valence-electron chi connectivity index (χ3n) is 6.08. The van der Waals surface area contributed by atoms with Crippen molar-refractivity contribution in [3.05, 3.63) is 84.9 Å². The Balaban J connectivity index is 1.27. The SMILES string of the molecule is CC1CCc2c(sc3nnn(CC(=O)N/N=C/c4cc(Br)ccc4OCc4ccccc4)c(=O)c23)C1. The first kappa shape index (κ1) is 24.3. The van der Waals surface area contributed by atoms with Gasteiger partial charge in [0.2, 0.25) is 0 Å². The number of rotatable bonds is 7. The largest absolute Gasteiger partial charge is 0.488 e. The highest BCUT2D eigenvalue weighted by molar-refractivity contribution is 9.10. The van der Waals surface area contributed by atoms with Crippen molar-refractivity contribution in [2.45, 2.75) is 39.3 Å². The summed E-state index contributed by atoms with van der Waals surface area (Å²) in [5, 5.41) is 12.9. The van der Waals surface area contributed by atoms with E-state index in [1.807, 2.05) is 48.5 Å². The van der Waals surface area contributed by atoms with Crippen molar-refractivity contribution in [3.63, 3.8) is 0 Å². The van der Waals surface area contributed by atoms with Crippen molar-refractivity contribution in [1.82, 2.24) is 20.4 Å². The first-order chi connectivity index (χ1) is 17.5. The summed E-state index contributed by atoms with van der Waals surface area (Å²) in [4.78, 5) is 27.5. The van der Waals surface area contributed by atoms with Gasteiger partial charge in [0.05, 0.1) is 11.6 Å². The Bertz CT molecular complexity index is 1500. The second-order valence-corrected chi connectivity index (χ2v) is 10.8. The number of aryl methyl sites for hydroxylation is 1. The molecule has 1 atom stereocenters. The molecule has 5 rings (SSSR count). The van der Waals surface area contributed by atoms with Crippen molar-refractivity contribution >= 4 is 49.6 Å². The van der Waals surface area contributed by atoms with Gasteiger partial charge in [-0.25, -0.2) is 10.1 Å². The lowest BCUT2D eigenvalue weighted by Crippen LogP contribution is -2.32. The van der Waals surface area contributed by atoms with Crippen molar-refractivity contribution in [3.8, 4) is 5.75 Å². The fourth-order valence-electron chi connectivity index (χ4n) is 4.23. The number of fused-ring (bicyclic) bond motifs is 3. The smallest absolute Gasteiger partial charge is 0.279 e. The lowest BCUT2D eigenvalue weighted by atomic mass is 9.89. The van der Waals surface area contributed by atoms with Gasteiger partial charge in [-0.2, -0.15) is 5.10 Å². The molecule has 0 aliphatic heterocycles. The highest BCUT2D eigenvalue weighted by atomic mass is 79.9. The number of hydrogen-bond donors (Lipinski definition) is 1. The van der Waals surface area contributed by atoms with Gasteiger partial charge in [-0.05, 0) is 54.5 Å². The molecule has 0 saturated carbocycles. The van der Waals surface area contributed by atoms with Gasteiger partial charge in [0.15, 0.2) is 4.83 Å². The predicted molar refractivity (Wildman–Crippen MR) is 144 cm³/mol. The number of carbonyl (C=O) groups excluding carboxylic acids is 1. The number of benzene rings is 2. The third kappa shape index (κ3) is 5.39. The van der Waals surface area contributed by atoms with Crippen LogP contribution in [0, 0.1) is 5.92 Å². The fraction of sp³-hybridized carbons (Fsp3) is 0.269. The summed E-state index contributed by atoms with van der Waals surface area (Å²) in [6, 6.07) is 15.4. The van der Waals surface area contributed by atoms with Crippen molar-refractivity contribution < 1.29 is 9.53 Å². The Morgan fingerprint density at radius 3 is 2.97 bits per heavy atom. The second kappa shape index (κ2) is 10.7. The van der Waals surface area contributed by atoms with E-state index >= 15 is 0 Å². The number of halogens is 1. The van der Waals surface area contributed by atoms with Crippen LogP contribution in [0.5, 0.6) is 5.75 Å². The van der Waals surface area contributed by atoms with Crippen LogP contribution in [-0.4, -0.2) is 27.1 Å². The van der Waals surface area contributed by atoms with Crippen LogP contribution in [0.4, 0.5) is 0 Å². The molecule has 10 heteroatoms. The van der Waals surface area contributed by atoms with Crippen LogP contribution in [0.1, 0.15) is 34.9 Å². The zero-order valence-corrected chi connectivity index (χ0v) is 22.0. The number of nitrogens with one attached hydrogen (secondary N) is 1. The van der Waals surface area contributed by atoms with Crippen molar-refractivity contribution in [2.75, 3.05) is 0 Å². The number of hydrogen-bond acceptors (Lipinski definition) is 7. The highest BCUT2D eigenvalue weighted by Gasteiger charge is 2.24. The van der Waals surface area contributed by atoms with Gasteiger partial charge in [-0.1, -0.05) is 58.4 Å². The minimum atomic E-state index is -0.471. The molecule has 184 valence electrons. The highest BCUT2D eigenvalue weighted by Crippen LogP contribution is 2.35. The molecule has 2 heterocycles. The summed E-state index contributed by atoms with van der Waals surface area (Å²) < 4.78 is 7.90. The molecule has 8 nitrogen and oxygen atoms in total. The second-order valence-electron chi connectivity index (χ2n) is 8.83. The molecular weight excluding hydrogens is 542 g/mol. The summed E-state index contributed by atoms with van der Waals surface area (Å²) in [6.07, 6.45) is 4.37. The first-order valence-corrected chi connectivity index (χ1v) is 13.2. The number of ether oxygens (including phenoxy) is 1. The molecule has 0 bridgehead atoms. The zero-order valence-electron chi connectivity index (χ0n) is 19.6. The third-order valence-corrected chi connectivity index (χ3v) is 7.71. The van der Waals surface area contributed by atoms with E-state index < -0.39 is 5.91 Å². The number of nitrogens with zero attached hydrogens (tertiary/aromatic N) is 4. The van der Waals surface area contributed by atoms with E-state index in [9.17, 15) is 9.59 Å². The summed E-state index contributed by atoms with van der Waals surface area (Å²) in [6.45, 7) is 2.36. The summed E-state index contributed by atoms with van der Waals surface area (Å²) >= 11 is 4.99. The fourth-order valence-corrected chi connectivity index (χ4v) is 5.92. The Hall–Kier alpha value is -3.37. The van der Waals surface area contributed by atoms with E-state index in [0.29, 0.717) is 34.1 Å². The van der Waals surface area contributed by atoms with Gasteiger partial charge in [0.1, 0.15) is 18.9 Å². The lowest BCUT2D eigenvalue weighted by molar-refractivity contribution is -0.121. The maximum Gasteiger partial charge on any atom is 0.279 e. The molecule has 1 aliphatic rings. The molecule has 1 aliphatic carbocycles. The Labute approximate surface area is 220 Å². The molecule has 1 amide bonds. The molecular formula is C26H24BrN5O3S. The van der Waals surface area contributed by atoms with Gasteiger partial charge in [0.25, 0.3) is 11.5 Å². The topological polar surface area (TPSA) is 98.5 Å². The molecule has 36 heavy (non-hydrogen) atoms. The van der Waals surface area contributed by atoms with E-state index in [0.717, 1.165) is 39.5 Å². The Morgan fingerprint density at radius 1 is 1.31 bits per heavy atom. The first-order valence-electron chi connectivity index (χ1n) is 11.6. The molecule has 1 N–H and O–H groups in total. The average molecular weight is 566 g/mol. The van der Waals surface area contributed by atoms with E-state index in [1.54, 1.807) is 0 Å². The maximum atomic E-state index is 13.1. The number of amides is 1. The molecule has 0 spiro atoms. The Morgan fingerprint density at radius 2 is 2.14 bits per heavy atom. The van der Waals surface area contributed by atoms with Crippen LogP contribution in [0.15, 0.2) is 62.9 Å². The average Bonchev–Trinajstić information content (AvgIpc) is 3.24. The minimum Gasteiger partial charge on any atom is -0.488 e. The molecule has 2 aromatic carbocycles. The van der Waals surface area contributed by atoms with Crippen LogP contribution in [0.2, 0.25) is 0 Å². The minimum absolute atomic E-state index is 0.268. The van der Waals surface area contributed by atoms with E-state index in [4.69, 9.17) is 4.74 Å². The number of hydrazone groups is 1. The van der Waals surface area contributed by atoms with Crippen LogP contribution >= 0.6 is 27.3 Å². The monoisotopic (exact) mass is 565 g/mol. The van der Waals surface area contributed by atoms with Gasteiger partial charge < -0.3 is 4.74 Å². The Kier molecular flexibility index (Phi) is 7.24. The number of carbonyl (C=O) groups is 1. The van der Waals surface area contributed by atoms with E-state index in [1.165, 1.54) is 22.4 Å². The number of aromatic nitrogens is 3. The summed E-state index contributed by atoms with van der Waals surface area (Å²) in [7, 11) is 0. The molecule has 4 aromatic rings. The normalized spacial score (nSPS) is 15.2. The van der Waals surface area contributed by atoms with E-state index in [2.05, 4.69) is 43.7 Å². The van der Waals surface area contributed by atoms with Crippen molar-refractivity contribution in [1.29, 1.82) is 0 Å². The number of thiophene rings is 1. The van der Waals surface area contributed by atoms with Crippen LogP contribution in [0.25, 0.3) is 10.2 Å². The van der Waals surface area contributed by atoms with Crippen molar-refractivity contribution in [2.24, 2.45) is 11.0 Å². The molecule has 0 fully saturated rings.